The second kappa shape index (κ2) is 3.19. The van der Waals surface area contributed by atoms with E-state index in [4.69, 9.17) is 0 Å². The van der Waals surface area contributed by atoms with E-state index < -0.39 is 0 Å². The molecule has 0 aliphatic heterocycles. The van der Waals surface area contributed by atoms with Crippen molar-refractivity contribution >= 4 is 19.8 Å². The van der Waals surface area contributed by atoms with Crippen LogP contribution in [0.2, 0.25) is 0 Å². The molecule has 0 nitrogen and oxygen atoms in total. The molecule has 0 saturated heterocycles. The SMILES string of the molecule is C=Pc1c(C)cc(C)cc1C. The molecular weight excluding hydrogens is 151 g/mol. The van der Waals surface area contributed by atoms with Crippen LogP contribution < -0.4 is 5.30 Å². The molecule has 1 aromatic rings. The van der Waals surface area contributed by atoms with Crippen LogP contribution in [-0.4, -0.2) is 6.30 Å². The van der Waals surface area contributed by atoms with Crippen molar-refractivity contribution in [2.24, 2.45) is 0 Å². The fourth-order valence-electron chi connectivity index (χ4n) is 1.42. The van der Waals surface area contributed by atoms with Gasteiger partial charge in [-0.15, -0.1) is 0 Å². The fourth-order valence-corrected chi connectivity index (χ4v) is 2.05. The molecule has 1 aromatic carbocycles. The highest BCUT2D eigenvalue weighted by molar-refractivity contribution is 7.45. The lowest BCUT2D eigenvalue weighted by Gasteiger charge is -2.05. The van der Waals surface area contributed by atoms with Crippen LogP contribution in [0.1, 0.15) is 16.7 Å². The van der Waals surface area contributed by atoms with Gasteiger partial charge in [-0.2, -0.15) is 0 Å². The monoisotopic (exact) mass is 164 g/mol. The van der Waals surface area contributed by atoms with Crippen LogP contribution >= 0.6 is 8.20 Å². The second-order valence-electron chi connectivity index (χ2n) is 2.91. The zero-order valence-corrected chi connectivity index (χ0v) is 8.20. The average molecular weight is 164 g/mol. The third-order valence-corrected chi connectivity index (χ3v) is 2.82. The van der Waals surface area contributed by atoms with E-state index in [9.17, 15) is 0 Å². The maximum Gasteiger partial charge on any atom is 0.00707 e. The molecule has 58 valence electrons. The summed E-state index contributed by atoms with van der Waals surface area (Å²) < 4.78 is 0. The predicted octanol–water partition coefficient (Wildman–Crippen LogP) is 2.62. The highest BCUT2D eigenvalue weighted by Gasteiger charge is 1.98. The van der Waals surface area contributed by atoms with Gasteiger partial charge in [-0.25, -0.2) is 0 Å². The van der Waals surface area contributed by atoms with Gasteiger partial charge in [-0.3, -0.25) is 0 Å². The Morgan fingerprint density at radius 2 is 1.55 bits per heavy atom. The van der Waals surface area contributed by atoms with Gasteiger partial charge in [0.15, 0.2) is 0 Å². The normalized spacial score (nSPS) is 10.5. The Hall–Kier alpha value is -0.610. The van der Waals surface area contributed by atoms with E-state index in [1.54, 1.807) is 0 Å². The van der Waals surface area contributed by atoms with Crippen molar-refractivity contribution in [2.75, 3.05) is 0 Å². The number of aryl methyl sites for hydroxylation is 3. The summed E-state index contributed by atoms with van der Waals surface area (Å²) in [6.45, 7) is 6.42. The topological polar surface area (TPSA) is 0 Å². The molecule has 0 unspecified atom stereocenters. The molecule has 0 radical (unpaired) electrons. The van der Waals surface area contributed by atoms with Crippen LogP contribution in [0.3, 0.4) is 0 Å². The van der Waals surface area contributed by atoms with Gasteiger partial charge in [0.1, 0.15) is 0 Å². The first kappa shape index (κ1) is 8.49. The Kier molecular flexibility index (Phi) is 2.46. The van der Waals surface area contributed by atoms with Crippen molar-refractivity contribution in [3.8, 4) is 0 Å². The Balaban J connectivity index is 3.36. The molecule has 0 spiro atoms. The van der Waals surface area contributed by atoms with Crippen LogP contribution in [-0.2, 0) is 0 Å². The first-order valence-corrected chi connectivity index (χ1v) is 4.77. The van der Waals surface area contributed by atoms with Gasteiger partial charge in [-0.05, 0) is 31.9 Å². The molecule has 0 N–H and O–H groups in total. The summed E-state index contributed by atoms with van der Waals surface area (Å²) in [6, 6.07) is 4.42. The van der Waals surface area contributed by atoms with Crippen molar-refractivity contribution in [3.05, 3.63) is 28.8 Å². The van der Waals surface area contributed by atoms with Gasteiger partial charge in [-0.1, -0.05) is 32.2 Å². The summed E-state index contributed by atoms with van der Waals surface area (Å²) in [4.78, 5) is 0. The minimum Gasteiger partial charge on any atom is -0.0758 e. The van der Waals surface area contributed by atoms with E-state index in [0.717, 1.165) is 8.20 Å². The van der Waals surface area contributed by atoms with Gasteiger partial charge in [0.2, 0.25) is 0 Å². The van der Waals surface area contributed by atoms with E-state index in [2.05, 4.69) is 39.2 Å². The summed E-state index contributed by atoms with van der Waals surface area (Å²) in [7, 11) is 1.13. The molecule has 11 heavy (non-hydrogen) atoms. The molecule has 0 amide bonds. The molecule has 0 bridgehead atoms. The quantitative estimate of drug-likeness (QED) is 0.560. The number of benzene rings is 1. The maximum absolute atomic E-state index is 3.88. The summed E-state index contributed by atoms with van der Waals surface area (Å²) in [5.41, 5.74) is 4.06. The minimum absolute atomic E-state index is 1.13. The number of hydrogen-bond acceptors (Lipinski definition) is 0. The molecule has 0 fully saturated rings. The molecule has 0 aliphatic rings. The lowest BCUT2D eigenvalue weighted by molar-refractivity contribution is 1.36. The van der Waals surface area contributed by atoms with E-state index in [0.29, 0.717) is 0 Å². The van der Waals surface area contributed by atoms with Gasteiger partial charge in [0.25, 0.3) is 0 Å². The Morgan fingerprint density at radius 3 is 1.91 bits per heavy atom. The van der Waals surface area contributed by atoms with Crippen LogP contribution in [0.5, 0.6) is 0 Å². The average Bonchev–Trinajstić information content (AvgIpc) is 1.85. The molecule has 1 rings (SSSR count). The van der Waals surface area contributed by atoms with Gasteiger partial charge < -0.3 is 0 Å². The Bertz CT molecular complexity index is 264. The molecule has 0 aliphatic carbocycles. The molecule has 0 saturated carbocycles. The fraction of sp³-hybridized carbons (Fsp3) is 0.300. The highest BCUT2D eigenvalue weighted by atomic mass is 31.1. The van der Waals surface area contributed by atoms with Crippen molar-refractivity contribution in [3.63, 3.8) is 0 Å². The molecule has 0 heterocycles. The van der Waals surface area contributed by atoms with Crippen LogP contribution in [0.4, 0.5) is 0 Å². The van der Waals surface area contributed by atoms with Crippen LogP contribution in [0, 0.1) is 20.8 Å². The van der Waals surface area contributed by atoms with Crippen molar-refractivity contribution in [1.82, 2.24) is 0 Å². The lowest BCUT2D eigenvalue weighted by Crippen LogP contribution is -2.03. The Labute approximate surface area is 70.1 Å². The summed E-state index contributed by atoms with van der Waals surface area (Å²) >= 11 is 0. The zero-order valence-electron chi connectivity index (χ0n) is 7.31. The highest BCUT2D eigenvalue weighted by Crippen LogP contribution is 2.10. The van der Waals surface area contributed by atoms with Crippen LogP contribution in [0.25, 0.3) is 0 Å². The maximum atomic E-state index is 3.88. The molecule has 0 atom stereocenters. The van der Waals surface area contributed by atoms with Gasteiger partial charge in [0.05, 0.1) is 0 Å². The third-order valence-electron chi connectivity index (χ3n) is 1.79. The standard InChI is InChI=1S/C10H13P/c1-7-5-8(2)10(11-4)9(3)6-7/h5-6H,4H2,1-3H3. The van der Waals surface area contributed by atoms with E-state index in [1.165, 1.54) is 22.0 Å². The molecule has 1 heteroatoms. The van der Waals surface area contributed by atoms with Crippen molar-refractivity contribution in [2.45, 2.75) is 20.8 Å². The molecule has 0 aromatic heterocycles. The summed E-state index contributed by atoms with van der Waals surface area (Å²) in [5.74, 6) is 0. The predicted molar refractivity (Wildman–Crippen MR) is 54.3 cm³/mol. The zero-order chi connectivity index (χ0) is 8.43. The third kappa shape index (κ3) is 1.70. The van der Waals surface area contributed by atoms with E-state index in [-0.39, 0.29) is 0 Å². The van der Waals surface area contributed by atoms with E-state index >= 15 is 0 Å². The van der Waals surface area contributed by atoms with Crippen molar-refractivity contribution in [1.29, 1.82) is 0 Å². The van der Waals surface area contributed by atoms with Crippen LogP contribution in [0.15, 0.2) is 12.1 Å². The smallest absolute Gasteiger partial charge is 0.00707 e. The van der Waals surface area contributed by atoms with Gasteiger partial charge in [0, 0.05) is 5.30 Å². The second-order valence-corrected chi connectivity index (χ2v) is 3.67. The van der Waals surface area contributed by atoms with Gasteiger partial charge >= 0.3 is 0 Å². The largest absolute Gasteiger partial charge is 0.0758 e. The minimum atomic E-state index is 1.13. The first-order valence-electron chi connectivity index (χ1n) is 3.69. The van der Waals surface area contributed by atoms with Crippen molar-refractivity contribution < 1.29 is 0 Å². The lowest BCUT2D eigenvalue weighted by atomic mass is 10.1. The number of rotatable bonds is 1. The molecular formula is C10H13P. The summed E-state index contributed by atoms with van der Waals surface area (Å²) in [6.07, 6.45) is 3.88. The van der Waals surface area contributed by atoms with E-state index in [1.807, 2.05) is 0 Å². The number of hydrogen-bond donors (Lipinski definition) is 0. The first-order chi connectivity index (χ1) is 5.15. The summed E-state index contributed by atoms with van der Waals surface area (Å²) in [5, 5.41) is 1.37. The Morgan fingerprint density at radius 1 is 1.09 bits per heavy atom.